The summed E-state index contributed by atoms with van der Waals surface area (Å²) < 4.78 is 5.98. The van der Waals surface area contributed by atoms with E-state index in [1.165, 1.54) is 21.3 Å². The number of hydrogen-bond acceptors (Lipinski definition) is 4. The third kappa shape index (κ3) is 4.73. The van der Waals surface area contributed by atoms with Gasteiger partial charge in [-0.1, -0.05) is 48.5 Å². The molecule has 6 nitrogen and oxygen atoms in total. The van der Waals surface area contributed by atoms with Crippen LogP contribution in [0.1, 0.15) is 31.4 Å². The van der Waals surface area contributed by atoms with Crippen molar-refractivity contribution < 1.29 is 14.3 Å². The van der Waals surface area contributed by atoms with Crippen molar-refractivity contribution in [3.8, 4) is 0 Å². The Bertz CT molecular complexity index is 1530. The minimum atomic E-state index is -0.379. The van der Waals surface area contributed by atoms with Gasteiger partial charge in [0.2, 0.25) is 0 Å². The first-order valence-electron chi connectivity index (χ1n) is 13.7. The van der Waals surface area contributed by atoms with Gasteiger partial charge in [-0.05, 0) is 98.0 Å². The summed E-state index contributed by atoms with van der Waals surface area (Å²) in [5.41, 5.74) is 5.63. The van der Waals surface area contributed by atoms with E-state index in [0.717, 1.165) is 31.5 Å². The summed E-state index contributed by atoms with van der Waals surface area (Å²) >= 11 is 0. The van der Waals surface area contributed by atoms with E-state index >= 15 is 0 Å². The van der Waals surface area contributed by atoms with Gasteiger partial charge in [-0.3, -0.25) is 9.59 Å². The molecule has 6 heteroatoms. The van der Waals surface area contributed by atoms with Gasteiger partial charge in [0.05, 0.1) is 11.4 Å². The number of nitrogens with zero attached hydrogens (tertiary/aromatic N) is 3. The van der Waals surface area contributed by atoms with Crippen molar-refractivity contribution in [1.82, 2.24) is 0 Å². The van der Waals surface area contributed by atoms with Gasteiger partial charge in [-0.15, -0.1) is 0 Å². The van der Waals surface area contributed by atoms with Gasteiger partial charge in [0.1, 0.15) is 17.1 Å². The Morgan fingerprint density at radius 1 is 0.825 bits per heavy atom. The van der Waals surface area contributed by atoms with E-state index in [-0.39, 0.29) is 17.4 Å². The van der Waals surface area contributed by atoms with Crippen LogP contribution >= 0.6 is 0 Å². The molecule has 0 radical (unpaired) electrons. The third-order valence-corrected chi connectivity index (χ3v) is 7.38. The number of allylic oxidation sites excluding steroid dienone is 5. The molecule has 3 aliphatic heterocycles. The standard InChI is InChI=1S/C34H31N3O3/c1-3-35-20-10-11-26-22-25(17-19-31(26)35)16-18-30-23-27(21-24(2)40-30)32-33(38)36(28-12-6-4-7-13-28)37(34(32)39)29-14-8-5-9-15-29/h4-9,12-19,21-23H,3,10-11,20H2,1-2H3/b18-16+. The van der Waals surface area contributed by atoms with Gasteiger partial charge in [-0.2, -0.15) is 0 Å². The van der Waals surface area contributed by atoms with Crippen molar-refractivity contribution in [2.75, 3.05) is 28.0 Å². The molecule has 0 aromatic heterocycles. The normalized spacial score (nSPS) is 17.3. The van der Waals surface area contributed by atoms with Crippen LogP contribution in [0, 0.1) is 0 Å². The smallest absolute Gasteiger partial charge is 0.283 e. The van der Waals surface area contributed by atoms with E-state index in [0.29, 0.717) is 28.5 Å². The summed E-state index contributed by atoms with van der Waals surface area (Å²) in [6.45, 7) is 6.12. The molecule has 200 valence electrons. The predicted molar refractivity (Wildman–Crippen MR) is 159 cm³/mol. The van der Waals surface area contributed by atoms with Crippen molar-refractivity contribution in [3.63, 3.8) is 0 Å². The summed E-state index contributed by atoms with van der Waals surface area (Å²) in [4.78, 5) is 30.1. The SMILES string of the molecule is CCN1CCCc2cc(/C=C/C3=CC(=C4C(=O)N(c5ccccc5)N(c5ccccc5)C4=O)C=C(C)O3)ccc21. The predicted octanol–water partition coefficient (Wildman–Crippen LogP) is 6.58. The third-order valence-electron chi connectivity index (χ3n) is 7.38. The Hall–Kier alpha value is -4.84. The van der Waals surface area contributed by atoms with Gasteiger partial charge < -0.3 is 9.64 Å². The number of hydrogen-bond donors (Lipinski definition) is 0. The zero-order chi connectivity index (χ0) is 27.6. The summed E-state index contributed by atoms with van der Waals surface area (Å²) in [6, 6.07) is 25.0. The lowest BCUT2D eigenvalue weighted by atomic mass is 9.99. The van der Waals surface area contributed by atoms with E-state index in [1.807, 2.05) is 79.7 Å². The van der Waals surface area contributed by atoms with Crippen LogP contribution in [0.2, 0.25) is 0 Å². The Kier molecular flexibility index (Phi) is 6.83. The van der Waals surface area contributed by atoms with Crippen molar-refractivity contribution in [2.45, 2.75) is 26.7 Å². The molecule has 0 aliphatic carbocycles. The van der Waals surface area contributed by atoms with Crippen LogP contribution in [-0.4, -0.2) is 24.9 Å². The van der Waals surface area contributed by atoms with Crippen LogP contribution in [0.15, 0.2) is 120 Å². The van der Waals surface area contributed by atoms with Crippen LogP contribution in [0.5, 0.6) is 0 Å². The van der Waals surface area contributed by atoms with Gasteiger partial charge in [0.15, 0.2) is 0 Å². The van der Waals surface area contributed by atoms with Crippen molar-refractivity contribution >= 4 is 35.0 Å². The number of rotatable bonds is 5. The van der Waals surface area contributed by atoms with Crippen LogP contribution < -0.4 is 14.9 Å². The lowest BCUT2D eigenvalue weighted by Crippen LogP contribution is -2.41. The first-order chi connectivity index (χ1) is 19.5. The van der Waals surface area contributed by atoms with Gasteiger partial charge in [0, 0.05) is 18.8 Å². The van der Waals surface area contributed by atoms with E-state index in [1.54, 1.807) is 12.2 Å². The summed E-state index contributed by atoms with van der Waals surface area (Å²) in [5, 5.41) is 2.88. The summed E-state index contributed by atoms with van der Waals surface area (Å²) in [5.74, 6) is 0.422. The molecular formula is C34H31N3O3. The Morgan fingerprint density at radius 2 is 1.48 bits per heavy atom. The Morgan fingerprint density at radius 3 is 2.10 bits per heavy atom. The highest BCUT2D eigenvalue weighted by atomic mass is 16.5. The number of aryl methyl sites for hydroxylation is 1. The first-order valence-corrected chi connectivity index (χ1v) is 13.7. The fraction of sp³-hybridized carbons (Fsp3) is 0.176. The molecule has 3 aliphatic rings. The van der Waals surface area contributed by atoms with Crippen LogP contribution in [0.4, 0.5) is 17.1 Å². The van der Waals surface area contributed by atoms with Gasteiger partial charge >= 0.3 is 0 Å². The number of anilines is 3. The minimum absolute atomic E-state index is 0.106. The molecular weight excluding hydrogens is 498 g/mol. The molecule has 3 heterocycles. The molecule has 6 rings (SSSR count). The van der Waals surface area contributed by atoms with Gasteiger partial charge in [0.25, 0.3) is 11.8 Å². The average molecular weight is 530 g/mol. The highest BCUT2D eigenvalue weighted by Crippen LogP contribution is 2.35. The first kappa shape index (κ1) is 25.4. The molecule has 0 spiro atoms. The lowest BCUT2D eigenvalue weighted by molar-refractivity contribution is -0.116. The second-order valence-electron chi connectivity index (χ2n) is 10.0. The van der Waals surface area contributed by atoms with Crippen LogP contribution in [0.25, 0.3) is 6.08 Å². The van der Waals surface area contributed by atoms with E-state index in [9.17, 15) is 9.59 Å². The lowest BCUT2D eigenvalue weighted by Gasteiger charge is -2.30. The molecule has 3 aromatic carbocycles. The monoisotopic (exact) mass is 529 g/mol. The second kappa shape index (κ2) is 10.7. The maximum atomic E-state index is 13.9. The van der Waals surface area contributed by atoms with Crippen LogP contribution in [-0.2, 0) is 20.7 Å². The van der Waals surface area contributed by atoms with E-state index < -0.39 is 0 Å². The van der Waals surface area contributed by atoms with Crippen LogP contribution in [0.3, 0.4) is 0 Å². The molecule has 3 aromatic rings. The fourth-order valence-electron chi connectivity index (χ4n) is 5.53. The average Bonchev–Trinajstić information content (AvgIpc) is 3.25. The number of para-hydroxylation sites is 2. The number of carbonyl (C=O) groups is 2. The zero-order valence-electron chi connectivity index (χ0n) is 22.7. The number of amides is 2. The molecule has 1 fully saturated rings. The number of hydrazine groups is 1. The largest absolute Gasteiger partial charge is 0.462 e. The molecule has 40 heavy (non-hydrogen) atoms. The summed E-state index contributed by atoms with van der Waals surface area (Å²) in [6.07, 6.45) is 9.66. The molecule has 0 atom stereocenters. The Balaban J connectivity index is 1.36. The highest BCUT2D eigenvalue weighted by Gasteiger charge is 2.44. The molecule has 0 saturated carbocycles. The topological polar surface area (TPSA) is 53.1 Å². The van der Waals surface area contributed by atoms with Crippen molar-refractivity contribution in [1.29, 1.82) is 0 Å². The van der Waals surface area contributed by atoms with E-state index in [4.69, 9.17) is 4.74 Å². The Labute approximate surface area is 234 Å². The molecule has 2 amide bonds. The van der Waals surface area contributed by atoms with Gasteiger partial charge in [-0.25, -0.2) is 10.0 Å². The van der Waals surface area contributed by atoms with E-state index in [2.05, 4.69) is 30.0 Å². The zero-order valence-corrected chi connectivity index (χ0v) is 22.7. The van der Waals surface area contributed by atoms with Crippen molar-refractivity contribution in [2.24, 2.45) is 0 Å². The molecule has 1 saturated heterocycles. The van der Waals surface area contributed by atoms with Crippen molar-refractivity contribution in [3.05, 3.63) is 131 Å². The number of fused-ring (bicyclic) bond motifs is 1. The number of carbonyl (C=O) groups excluding carboxylic acids is 2. The molecule has 0 N–H and O–H groups in total. The fourth-order valence-corrected chi connectivity index (χ4v) is 5.53. The highest BCUT2D eigenvalue weighted by molar-refractivity contribution is 6.36. The molecule has 0 unspecified atom stereocenters. The maximum absolute atomic E-state index is 13.9. The quantitative estimate of drug-likeness (QED) is 0.277. The summed E-state index contributed by atoms with van der Waals surface area (Å²) in [7, 11) is 0. The maximum Gasteiger partial charge on any atom is 0.283 e. The molecule has 0 bridgehead atoms. The number of benzene rings is 3. The second-order valence-corrected chi connectivity index (χ2v) is 10.0. The minimum Gasteiger partial charge on any atom is -0.462 e. The number of ether oxygens (including phenoxy) is 1.